The van der Waals surface area contributed by atoms with Crippen LogP contribution < -0.4 is 0 Å². The minimum atomic E-state index is 0.280. The quantitative estimate of drug-likeness (QED) is 0.685. The Morgan fingerprint density at radius 3 is 2.64 bits per heavy atom. The van der Waals surface area contributed by atoms with Crippen LogP contribution in [0.5, 0.6) is 0 Å². The monoisotopic (exact) mass is 188 g/mol. The number of aromatic nitrogens is 4. The molecular formula is C5H2Cl2N4. The first kappa shape index (κ1) is 6.82. The molecule has 2 rings (SSSR count). The van der Waals surface area contributed by atoms with Gasteiger partial charge in [0.2, 0.25) is 0 Å². The number of aromatic amines is 1. The predicted molar refractivity (Wildman–Crippen MR) is 41.7 cm³/mol. The van der Waals surface area contributed by atoms with E-state index in [0.717, 1.165) is 0 Å². The van der Waals surface area contributed by atoms with Crippen LogP contribution in [-0.4, -0.2) is 20.4 Å². The van der Waals surface area contributed by atoms with Crippen molar-refractivity contribution in [2.45, 2.75) is 0 Å². The molecule has 1 N–H and O–H groups in total. The van der Waals surface area contributed by atoms with Crippen LogP contribution in [0.25, 0.3) is 10.9 Å². The molecule has 0 fully saturated rings. The predicted octanol–water partition coefficient (Wildman–Crippen LogP) is 1.66. The highest BCUT2D eigenvalue weighted by atomic mass is 35.5. The number of halogens is 2. The molecule has 2 aromatic heterocycles. The Morgan fingerprint density at radius 1 is 1.18 bits per heavy atom. The fourth-order valence-electron chi connectivity index (χ4n) is 0.791. The molecule has 2 heterocycles. The van der Waals surface area contributed by atoms with Gasteiger partial charge in [0.1, 0.15) is 5.52 Å². The van der Waals surface area contributed by atoms with Crippen molar-refractivity contribution in [3.05, 3.63) is 16.5 Å². The van der Waals surface area contributed by atoms with Crippen molar-refractivity contribution in [1.29, 1.82) is 0 Å². The van der Waals surface area contributed by atoms with Crippen LogP contribution in [0.4, 0.5) is 0 Å². The minimum absolute atomic E-state index is 0.280. The SMILES string of the molecule is Clc1nnc(Cl)c2[nH]ncc12. The smallest absolute Gasteiger partial charge is 0.177 e. The average Bonchev–Trinajstić information content (AvgIpc) is 2.45. The zero-order valence-electron chi connectivity index (χ0n) is 5.17. The summed E-state index contributed by atoms with van der Waals surface area (Å²) in [5.74, 6) is 0. The first-order valence-electron chi connectivity index (χ1n) is 2.80. The van der Waals surface area contributed by atoms with Crippen molar-refractivity contribution in [1.82, 2.24) is 20.4 Å². The average molecular weight is 189 g/mol. The lowest BCUT2D eigenvalue weighted by Crippen LogP contribution is -1.84. The van der Waals surface area contributed by atoms with Gasteiger partial charge in [-0.05, 0) is 0 Å². The summed E-state index contributed by atoms with van der Waals surface area (Å²) in [4.78, 5) is 0. The third kappa shape index (κ3) is 0.948. The highest BCUT2D eigenvalue weighted by molar-refractivity contribution is 6.37. The summed E-state index contributed by atoms with van der Waals surface area (Å²) in [6.07, 6.45) is 1.55. The molecule has 6 heteroatoms. The Hall–Kier alpha value is -0.870. The van der Waals surface area contributed by atoms with Gasteiger partial charge >= 0.3 is 0 Å². The molecule has 0 amide bonds. The van der Waals surface area contributed by atoms with E-state index in [0.29, 0.717) is 16.1 Å². The van der Waals surface area contributed by atoms with Gasteiger partial charge in [-0.3, -0.25) is 5.10 Å². The van der Waals surface area contributed by atoms with E-state index in [-0.39, 0.29) is 5.15 Å². The molecule has 2 aromatic rings. The third-order valence-electron chi connectivity index (χ3n) is 1.29. The van der Waals surface area contributed by atoms with E-state index < -0.39 is 0 Å². The maximum absolute atomic E-state index is 5.68. The van der Waals surface area contributed by atoms with Crippen LogP contribution in [0, 0.1) is 0 Å². The van der Waals surface area contributed by atoms with Gasteiger partial charge in [-0.25, -0.2) is 0 Å². The van der Waals surface area contributed by atoms with E-state index in [4.69, 9.17) is 23.2 Å². The van der Waals surface area contributed by atoms with E-state index in [1.54, 1.807) is 6.20 Å². The van der Waals surface area contributed by atoms with Crippen molar-refractivity contribution < 1.29 is 0 Å². The summed E-state index contributed by atoms with van der Waals surface area (Å²) in [6, 6.07) is 0. The van der Waals surface area contributed by atoms with Gasteiger partial charge < -0.3 is 0 Å². The molecule has 0 radical (unpaired) electrons. The Balaban J connectivity index is 2.96. The molecule has 56 valence electrons. The molecular weight excluding hydrogens is 187 g/mol. The molecule has 0 aliphatic carbocycles. The summed E-state index contributed by atoms with van der Waals surface area (Å²) in [7, 11) is 0. The Labute approximate surface area is 71.5 Å². The first-order valence-corrected chi connectivity index (χ1v) is 3.55. The van der Waals surface area contributed by atoms with Gasteiger partial charge in [-0.2, -0.15) is 5.10 Å². The molecule has 0 saturated heterocycles. The number of fused-ring (bicyclic) bond motifs is 1. The Morgan fingerprint density at radius 2 is 1.91 bits per heavy atom. The lowest BCUT2D eigenvalue weighted by atomic mass is 10.4. The molecule has 0 saturated carbocycles. The van der Waals surface area contributed by atoms with Gasteiger partial charge in [0, 0.05) is 0 Å². The number of nitrogens with zero attached hydrogens (tertiary/aromatic N) is 3. The van der Waals surface area contributed by atoms with Gasteiger partial charge in [-0.1, -0.05) is 23.2 Å². The topological polar surface area (TPSA) is 54.5 Å². The van der Waals surface area contributed by atoms with Crippen LogP contribution in [0.1, 0.15) is 0 Å². The molecule has 0 spiro atoms. The molecule has 0 bridgehead atoms. The van der Waals surface area contributed by atoms with Crippen LogP contribution in [-0.2, 0) is 0 Å². The van der Waals surface area contributed by atoms with Crippen molar-refractivity contribution in [2.75, 3.05) is 0 Å². The second kappa shape index (κ2) is 2.32. The molecule has 0 unspecified atom stereocenters. The van der Waals surface area contributed by atoms with Gasteiger partial charge in [0.05, 0.1) is 11.6 Å². The highest BCUT2D eigenvalue weighted by Crippen LogP contribution is 2.22. The second-order valence-electron chi connectivity index (χ2n) is 1.94. The number of hydrogen-bond donors (Lipinski definition) is 1. The minimum Gasteiger partial charge on any atom is -0.274 e. The fourth-order valence-corrected chi connectivity index (χ4v) is 1.15. The van der Waals surface area contributed by atoms with Crippen molar-refractivity contribution in [2.24, 2.45) is 0 Å². The van der Waals surface area contributed by atoms with Gasteiger partial charge in [0.15, 0.2) is 10.3 Å². The number of nitrogens with one attached hydrogen (secondary N) is 1. The third-order valence-corrected chi connectivity index (χ3v) is 1.84. The van der Waals surface area contributed by atoms with Crippen LogP contribution in [0.2, 0.25) is 10.3 Å². The molecule has 0 aliphatic heterocycles. The normalized spacial score (nSPS) is 10.7. The highest BCUT2D eigenvalue weighted by Gasteiger charge is 2.06. The maximum atomic E-state index is 5.68. The van der Waals surface area contributed by atoms with E-state index in [1.807, 2.05) is 0 Å². The maximum Gasteiger partial charge on any atom is 0.177 e. The summed E-state index contributed by atoms with van der Waals surface area (Å²) in [5.41, 5.74) is 0.617. The number of H-pyrrole nitrogens is 1. The van der Waals surface area contributed by atoms with Crippen LogP contribution in [0.3, 0.4) is 0 Å². The van der Waals surface area contributed by atoms with Gasteiger partial charge in [0.25, 0.3) is 0 Å². The Kier molecular flexibility index (Phi) is 1.44. The summed E-state index contributed by atoms with van der Waals surface area (Å²) < 4.78 is 0. The van der Waals surface area contributed by atoms with E-state index in [2.05, 4.69) is 20.4 Å². The van der Waals surface area contributed by atoms with E-state index in [1.165, 1.54) is 0 Å². The van der Waals surface area contributed by atoms with Crippen molar-refractivity contribution in [3.63, 3.8) is 0 Å². The molecule has 0 aromatic carbocycles. The second-order valence-corrected chi connectivity index (χ2v) is 2.66. The van der Waals surface area contributed by atoms with E-state index in [9.17, 15) is 0 Å². The lowest BCUT2D eigenvalue weighted by molar-refractivity contribution is 1.04. The summed E-state index contributed by atoms with van der Waals surface area (Å²) >= 11 is 11.3. The molecule has 4 nitrogen and oxygen atoms in total. The summed E-state index contributed by atoms with van der Waals surface area (Å²) in [6.45, 7) is 0. The van der Waals surface area contributed by atoms with Crippen LogP contribution >= 0.6 is 23.2 Å². The zero-order valence-corrected chi connectivity index (χ0v) is 6.69. The summed E-state index contributed by atoms with van der Waals surface area (Å²) in [5, 5.41) is 14.9. The van der Waals surface area contributed by atoms with Gasteiger partial charge in [-0.15, -0.1) is 10.2 Å². The molecule has 11 heavy (non-hydrogen) atoms. The lowest BCUT2D eigenvalue weighted by Gasteiger charge is -1.90. The van der Waals surface area contributed by atoms with Crippen molar-refractivity contribution >= 4 is 34.1 Å². The number of hydrogen-bond acceptors (Lipinski definition) is 3. The fraction of sp³-hybridized carbons (Fsp3) is 0. The molecule has 0 aliphatic rings. The standard InChI is InChI=1S/C5H2Cl2N4/c6-4-2-1-8-9-3(2)5(7)11-10-4/h1H,(H,8,9). The first-order chi connectivity index (χ1) is 5.29. The van der Waals surface area contributed by atoms with Crippen molar-refractivity contribution in [3.8, 4) is 0 Å². The Bertz CT molecular complexity index is 360. The molecule has 0 atom stereocenters. The zero-order chi connectivity index (χ0) is 7.84. The van der Waals surface area contributed by atoms with Crippen LogP contribution in [0.15, 0.2) is 6.20 Å². The van der Waals surface area contributed by atoms with E-state index >= 15 is 0 Å². The number of rotatable bonds is 0. The largest absolute Gasteiger partial charge is 0.274 e.